The van der Waals surface area contributed by atoms with Crippen LogP contribution < -0.4 is 0 Å². The third kappa shape index (κ3) is 2.86. The molecule has 88 valence electrons. The Morgan fingerprint density at radius 3 is 2.38 bits per heavy atom. The van der Waals surface area contributed by atoms with Crippen LogP contribution >= 0.6 is 0 Å². The number of nitrogens with zero attached hydrogens (tertiary/aromatic N) is 2. The molecule has 1 aromatic heterocycles. The molecular formula is C13H20N2O. The molecule has 0 atom stereocenters. The van der Waals surface area contributed by atoms with E-state index in [9.17, 15) is 5.11 Å². The molecule has 0 spiro atoms. The molecule has 0 aliphatic heterocycles. The largest absolute Gasteiger partial charge is 0.378 e. The molecule has 1 heterocycles. The second kappa shape index (κ2) is 4.71. The second-order valence-electron chi connectivity index (χ2n) is 4.41. The maximum atomic E-state index is 9.61. The van der Waals surface area contributed by atoms with Crippen molar-refractivity contribution in [1.82, 2.24) is 9.78 Å². The second-order valence-corrected chi connectivity index (χ2v) is 4.41. The van der Waals surface area contributed by atoms with Gasteiger partial charge in [-0.25, -0.2) is 0 Å². The van der Waals surface area contributed by atoms with Gasteiger partial charge in [0.25, 0.3) is 0 Å². The molecule has 0 amide bonds. The average molecular weight is 220 g/mol. The zero-order valence-electron chi connectivity index (χ0n) is 10.8. The summed E-state index contributed by atoms with van der Waals surface area (Å²) in [5.41, 5.74) is 2.17. The van der Waals surface area contributed by atoms with Crippen molar-refractivity contribution in [3.05, 3.63) is 17.0 Å². The van der Waals surface area contributed by atoms with E-state index in [0.29, 0.717) is 0 Å². The van der Waals surface area contributed by atoms with E-state index in [-0.39, 0.29) is 0 Å². The topological polar surface area (TPSA) is 38.0 Å². The molecule has 0 aliphatic carbocycles. The van der Waals surface area contributed by atoms with Gasteiger partial charge in [0.1, 0.15) is 5.60 Å². The van der Waals surface area contributed by atoms with Crippen LogP contribution in [0.15, 0.2) is 0 Å². The molecule has 0 radical (unpaired) electrons. The minimum Gasteiger partial charge on any atom is -0.378 e. The van der Waals surface area contributed by atoms with Crippen molar-refractivity contribution in [2.45, 2.75) is 46.1 Å². The quantitative estimate of drug-likeness (QED) is 0.770. The van der Waals surface area contributed by atoms with Gasteiger partial charge in [0, 0.05) is 7.05 Å². The maximum Gasteiger partial charge on any atom is 0.120 e. The lowest BCUT2D eigenvalue weighted by Crippen LogP contribution is -2.14. The van der Waals surface area contributed by atoms with Crippen LogP contribution in [0, 0.1) is 11.8 Å². The summed E-state index contributed by atoms with van der Waals surface area (Å²) in [5.74, 6) is 5.91. The summed E-state index contributed by atoms with van der Waals surface area (Å²) in [6, 6.07) is 0. The Labute approximate surface area is 97.5 Å². The van der Waals surface area contributed by atoms with Gasteiger partial charge < -0.3 is 5.11 Å². The Bertz CT molecular complexity index is 427. The van der Waals surface area contributed by atoms with Gasteiger partial charge in [0.2, 0.25) is 0 Å². The Hall–Kier alpha value is -1.27. The third-order valence-corrected chi connectivity index (χ3v) is 2.40. The first-order chi connectivity index (χ1) is 7.39. The molecule has 3 nitrogen and oxygen atoms in total. The highest BCUT2D eigenvalue weighted by Crippen LogP contribution is 2.14. The Morgan fingerprint density at radius 2 is 1.94 bits per heavy atom. The van der Waals surface area contributed by atoms with Gasteiger partial charge >= 0.3 is 0 Å². The van der Waals surface area contributed by atoms with Gasteiger partial charge in [0.15, 0.2) is 0 Å². The normalized spacial score (nSPS) is 11.1. The molecule has 1 N–H and O–H groups in total. The Kier molecular flexibility index (Phi) is 3.77. The van der Waals surface area contributed by atoms with Crippen molar-refractivity contribution < 1.29 is 5.11 Å². The number of hydrogen-bond acceptors (Lipinski definition) is 2. The molecule has 16 heavy (non-hydrogen) atoms. The zero-order valence-corrected chi connectivity index (χ0v) is 10.8. The predicted octanol–water partition coefficient (Wildman–Crippen LogP) is 1.67. The van der Waals surface area contributed by atoms with E-state index in [1.807, 2.05) is 11.7 Å². The van der Waals surface area contributed by atoms with E-state index in [1.165, 1.54) is 0 Å². The third-order valence-electron chi connectivity index (χ3n) is 2.40. The minimum atomic E-state index is -0.953. The van der Waals surface area contributed by atoms with E-state index in [4.69, 9.17) is 0 Å². The molecule has 1 rings (SSSR count). The summed E-state index contributed by atoms with van der Waals surface area (Å²) in [6.45, 7) is 7.53. The number of hydrogen-bond donors (Lipinski definition) is 1. The van der Waals surface area contributed by atoms with Crippen molar-refractivity contribution in [1.29, 1.82) is 0 Å². The van der Waals surface area contributed by atoms with E-state index >= 15 is 0 Å². The lowest BCUT2D eigenvalue weighted by molar-refractivity contribution is 0.143. The van der Waals surface area contributed by atoms with Gasteiger partial charge in [-0.3, -0.25) is 4.68 Å². The van der Waals surface area contributed by atoms with Crippen LogP contribution in [0.2, 0.25) is 0 Å². The number of rotatable bonds is 2. The van der Waals surface area contributed by atoms with Crippen LogP contribution in [0.25, 0.3) is 0 Å². The molecular weight excluding hydrogens is 200 g/mol. The first-order valence-electron chi connectivity index (χ1n) is 5.69. The highest BCUT2D eigenvalue weighted by atomic mass is 16.3. The van der Waals surface area contributed by atoms with Crippen LogP contribution in [0.3, 0.4) is 0 Å². The molecule has 0 aliphatic rings. The van der Waals surface area contributed by atoms with Crippen molar-refractivity contribution in [2.75, 3.05) is 0 Å². The molecule has 0 saturated carbocycles. The first kappa shape index (κ1) is 12.8. The number of aromatic nitrogens is 2. The average Bonchev–Trinajstić information content (AvgIpc) is 2.49. The lowest BCUT2D eigenvalue weighted by atomic mass is 10.1. The van der Waals surface area contributed by atoms with Gasteiger partial charge in [0.05, 0.1) is 17.0 Å². The maximum absolute atomic E-state index is 9.61. The molecule has 1 aromatic rings. The smallest absolute Gasteiger partial charge is 0.120 e. The van der Waals surface area contributed by atoms with Gasteiger partial charge in [-0.2, -0.15) is 5.10 Å². The highest BCUT2D eigenvalue weighted by molar-refractivity contribution is 5.43. The first-order valence-corrected chi connectivity index (χ1v) is 5.69. The Morgan fingerprint density at radius 1 is 1.31 bits per heavy atom. The fourth-order valence-corrected chi connectivity index (χ4v) is 1.63. The molecule has 3 heteroatoms. The minimum absolute atomic E-state index is 0.865. The fourth-order valence-electron chi connectivity index (χ4n) is 1.63. The number of aliphatic hydroxyl groups is 1. The predicted molar refractivity (Wildman–Crippen MR) is 65.1 cm³/mol. The summed E-state index contributed by atoms with van der Waals surface area (Å²) in [7, 11) is 1.94. The lowest BCUT2D eigenvalue weighted by Gasteiger charge is -2.06. The zero-order chi connectivity index (χ0) is 12.3. The summed E-state index contributed by atoms with van der Waals surface area (Å²) in [6.07, 6.45) is 1.77. The SMILES string of the molecule is CCc1nn(C)c(CC)c1C#CC(C)(C)O. The fraction of sp³-hybridized carbons (Fsp3) is 0.615. The van der Waals surface area contributed by atoms with Gasteiger partial charge in [-0.05, 0) is 26.7 Å². The molecule has 0 saturated heterocycles. The Balaban J connectivity index is 3.24. The van der Waals surface area contributed by atoms with Crippen LogP contribution in [-0.4, -0.2) is 20.5 Å². The van der Waals surface area contributed by atoms with E-state index < -0.39 is 5.60 Å². The molecule has 0 unspecified atom stereocenters. The monoisotopic (exact) mass is 220 g/mol. The van der Waals surface area contributed by atoms with E-state index in [1.54, 1.807) is 13.8 Å². The molecule has 0 aromatic carbocycles. The van der Waals surface area contributed by atoms with Gasteiger partial charge in [-0.1, -0.05) is 25.7 Å². The summed E-state index contributed by atoms with van der Waals surface area (Å²) in [4.78, 5) is 0. The molecule has 0 fully saturated rings. The summed E-state index contributed by atoms with van der Waals surface area (Å²) < 4.78 is 1.88. The van der Waals surface area contributed by atoms with Crippen LogP contribution in [0.1, 0.15) is 44.6 Å². The van der Waals surface area contributed by atoms with Crippen molar-refractivity contribution in [2.24, 2.45) is 7.05 Å². The van der Waals surface area contributed by atoms with Crippen LogP contribution in [0.5, 0.6) is 0 Å². The van der Waals surface area contributed by atoms with Gasteiger partial charge in [-0.15, -0.1) is 0 Å². The highest BCUT2D eigenvalue weighted by Gasteiger charge is 2.12. The molecule has 0 bridgehead atoms. The standard InChI is InChI=1S/C13H20N2O/c1-6-11-10(8-9-13(3,4)16)12(7-2)15(5)14-11/h16H,6-7H2,1-5H3. The summed E-state index contributed by atoms with van der Waals surface area (Å²) in [5, 5.41) is 14.0. The number of aryl methyl sites for hydroxylation is 2. The van der Waals surface area contributed by atoms with Crippen molar-refractivity contribution in [3.63, 3.8) is 0 Å². The van der Waals surface area contributed by atoms with Crippen LogP contribution in [0.4, 0.5) is 0 Å². The van der Waals surface area contributed by atoms with Crippen LogP contribution in [-0.2, 0) is 19.9 Å². The van der Waals surface area contributed by atoms with E-state index in [0.717, 1.165) is 29.8 Å². The summed E-state index contributed by atoms with van der Waals surface area (Å²) >= 11 is 0. The van der Waals surface area contributed by atoms with Crippen molar-refractivity contribution >= 4 is 0 Å². The van der Waals surface area contributed by atoms with Crippen molar-refractivity contribution in [3.8, 4) is 11.8 Å². The van der Waals surface area contributed by atoms with E-state index in [2.05, 4.69) is 30.8 Å².